The van der Waals surface area contributed by atoms with E-state index in [0.717, 1.165) is 27.0 Å². The number of nitrogens with one attached hydrogen (secondary N) is 1. The van der Waals surface area contributed by atoms with Crippen molar-refractivity contribution in [1.82, 2.24) is 9.97 Å². The number of aryl methyl sites for hydroxylation is 1. The smallest absolute Gasteiger partial charge is 0.262 e. The Labute approximate surface area is 134 Å². The second-order valence-electron chi connectivity index (χ2n) is 4.84. The van der Waals surface area contributed by atoms with Crippen molar-refractivity contribution in [3.63, 3.8) is 0 Å². The van der Waals surface area contributed by atoms with Gasteiger partial charge >= 0.3 is 0 Å². The number of hydrogen-bond acceptors (Lipinski definition) is 6. The van der Waals surface area contributed by atoms with Crippen LogP contribution >= 0.6 is 22.7 Å². The van der Waals surface area contributed by atoms with Crippen molar-refractivity contribution < 1.29 is 9.53 Å². The highest BCUT2D eigenvalue weighted by atomic mass is 32.1. The van der Waals surface area contributed by atoms with Crippen LogP contribution in [-0.2, 0) is 4.79 Å². The molecule has 0 aliphatic carbocycles. The van der Waals surface area contributed by atoms with E-state index in [0.29, 0.717) is 11.4 Å². The van der Waals surface area contributed by atoms with Gasteiger partial charge in [0.25, 0.3) is 5.91 Å². The van der Waals surface area contributed by atoms with Gasteiger partial charge in [0.15, 0.2) is 6.61 Å². The number of aromatic nitrogens is 2. The first-order valence-corrected chi connectivity index (χ1v) is 8.40. The maximum absolute atomic E-state index is 11.4. The van der Waals surface area contributed by atoms with E-state index in [1.807, 2.05) is 35.9 Å². The highest BCUT2D eigenvalue weighted by Crippen LogP contribution is 2.34. The van der Waals surface area contributed by atoms with Crippen LogP contribution in [-0.4, -0.2) is 22.5 Å². The van der Waals surface area contributed by atoms with Gasteiger partial charge in [-0.1, -0.05) is 0 Å². The zero-order valence-electron chi connectivity index (χ0n) is 11.6. The van der Waals surface area contributed by atoms with Crippen molar-refractivity contribution in [2.45, 2.75) is 6.92 Å². The van der Waals surface area contributed by atoms with E-state index >= 15 is 0 Å². The summed E-state index contributed by atoms with van der Waals surface area (Å²) < 4.78 is 5.37. The summed E-state index contributed by atoms with van der Waals surface area (Å²) >= 11 is 3.18. The van der Waals surface area contributed by atoms with E-state index in [9.17, 15) is 4.79 Å². The van der Waals surface area contributed by atoms with Crippen molar-refractivity contribution in [2.75, 3.05) is 11.9 Å². The summed E-state index contributed by atoms with van der Waals surface area (Å²) in [5, 5.41) is 8.75. The zero-order valence-corrected chi connectivity index (χ0v) is 13.3. The van der Waals surface area contributed by atoms with Gasteiger partial charge in [-0.05, 0) is 25.1 Å². The van der Waals surface area contributed by atoms with Crippen LogP contribution in [0.15, 0.2) is 29.0 Å². The van der Waals surface area contributed by atoms with Gasteiger partial charge in [0.1, 0.15) is 16.5 Å². The number of nitrogens with zero attached hydrogens (tertiary/aromatic N) is 2. The van der Waals surface area contributed by atoms with Gasteiger partial charge in [-0.15, -0.1) is 22.7 Å². The molecule has 110 valence electrons. The number of anilines is 1. The Morgan fingerprint density at radius 2 is 2.05 bits per heavy atom. The van der Waals surface area contributed by atoms with Crippen molar-refractivity contribution in [1.29, 1.82) is 0 Å². The van der Waals surface area contributed by atoms with Crippen LogP contribution in [0.2, 0.25) is 0 Å². The van der Waals surface area contributed by atoms with Crippen LogP contribution in [0, 0.1) is 6.92 Å². The highest BCUT2D eigenvalue weighted by molar-refractivity contribution is 7.14. The first kappa shape index (κ1) is 13.4. The van der Waals surface area contributed by atoms with Gasteiger partial charge in [-0.25, -0.2) is 9.97 Å². The molecule has 0 bridgehead atoms. The molecule has 1 N–H and O–H groups in total. The number of benzene rings is 1. The van der Waals surface area contributed by atoms with Crippen molar-refractivity contribution in [3.8, 4) is 27.7 Å². The summed E-state index contributed by atoms with van der Waals surface area (Å²) in [5.41, 5.74) is 3.41. The number of thiazole rings is 2. The van der Waals surface area contributed by atoms with E-state index < -0.39 is 0 Å². The lowest BCUT2D eigenvalue weighted by molar-refractivity contribution is -0.118. The molecule has 2 aromatic heterocycles. The third-order valence-electron chi connectivity index (χ3n) is 3.25. The molecule has 1 aromatic carbocycles. The molecule has 3 aromatic rings. The maximum Gasteiger partial charge on any atom is 0.262 e. The Morgan fingerprint density at radius 3 is 2.86 bits per heavy atom. The van der Waals surface area contributed by atoms with E-state index in [4.69, 9.17) is 4.74 Å². The lowest BCUT2D eigenvalue weighted by atomic mass is 10.1. The molecule has 1 aliphatic rings. The van der Waals surface area contributed by atoms with E-state index in [1.54, 1.807) is 22.7 Å². The number of rotatable bonds is 2. The number of amides is 1. The monoisotopic (exact) mass is 329 g/mol. The molecule has 0 spiro atoms. The molecular formula is C15H11N3O2S2. The molecule has 0 radical (unpaired) electrons. The van der Waals surface area contributed by atoms with Gasteiger partial charge in [-0.2, -0.15) is 0 Å². The normalized spacial score (nSPS) is 13.4. The van der Waals surface area contributed by atoms with Gasteiger partial charge in [0, 0.05) is 16.3 Å². The number of hydrogen-bond donors (Lipinski definition) is 1. The van der Waals surface area contributed by atoms with Crippen molar-refractivity contribution in [2.24, 2.45) is 0 Å². The largest absolute Gasteiger partial charge is 0.482 e. The lowest BCUT2D eigenvalue weighted by Crippen LogP contribution is -2.25. The Bertz CT molecular complexity index is 869. The molecule has 0 saturated heterocycles. The van der Waals surface area contributed by atoms with Crippen LogP contribution in [0.4, 0.5) is 5.69 Å². The average Bonchev–Trinajstić information content (AvgIpc) is 3.15. The molecule has 0 fully saturated rings. The maximum atomic E-state index is 11.4. The van der Waals surface area contributed by atoms with E-state index in [-0.39, 0.29) is 12.5 Å². The average molecular weight is 329 g/mol. The van der Waals surface area contributed by atoms with Crippen LogP contribution in [0.1, 0.15) is 5.01 Å². The summed E-state index contributed by atoms with van der Waals surface area (Å²) in [6, 6.07) is 5.69. The van der Waals surface area contributed by atoms with Crippen molar-refractivity contribution >= 4 is 34.3 Å². The Balaban J connectivity index is 1.69. The SMILES string of the molecule is Cc1nc(-c2nc(-c3ccc4c(c3)NC(=O)CO4)cs2)cs1. The van der Waals surface area contributed by atoms with Crippen molar-refractivity contribution in [3.05, 3.63) is 34.0 Å². The number of ether oxygens (including phenoxy) is 1. The van der Waals surface area contributed by atoms with Crippen LogP contribution in [0.5, 0.6) is 5.75 Å². The predicted octanol–water partition coefficient (Wildman–Crippen LogP) is 3.57. The van der Waals surface area contributed by atoms with Gasteiger partial charge < -0.3 is 10.1 Å². The second-order valence-corrected chi connectivity index (χ2v) is 6.76. The Morgan fingerprint density at radius 1 is 1.18 bits per heavy atom. The molecule has 1 aliphatic heterocycles. The summed E-state index contributed by atoms with van der Waals surface area (Å²) in [7, 11) is 0. The molecule has 22 heavy (non-hydrogen) atoms. The Kier molecular flexibility index (Phi) is 3.16. The fourth-order valence-corrected chi connectivity index (χ4v) is 3.69. The molecule has 1 amide bonds. The summed E-state index contributed by atoms with van der Waals surface area (Å²) in [6.45, 7) is 2.05. The summed E-state index contributed by atoms with van der Waals surface area (Å²) in [5.74, 6) is 0.551. The minimum Gasteiger partial charge on any atom is -0.482 e. The van der Waals surface area contributed by atoms with E-state index in [1.165, 1.54) is 0 Å². The summed E-state index contributed by atoms with van der Waals surface area (Å²) in [6.07, 6.45) is 0. The standard InChI is InChI=1S/C15H11N3O2S2/c1-8-16-12(7-21-8)15-18-11(6-22-15)9-2-3-13-10(4-9)17-14(19)5-20-13/h2-4,6-7H,5H2,1H3,(H,17,19). The van der Waals surface area contributed by atoms with Gasteiger partial charge in [0.05, 0.1) is 16.4 Å². The first-order valence-electron chi connectivity index (χ1n) is 6.64. The topological polar surface area (TPSA) is 64.1 Å². The molecule has 5 nitrogen and oxygen atoms in total. The van der Waals surface area contributed by atoms with E-state index in [2.05, 4.69) is 15.3 Å². The third-order valence-corrected chi connectivity index (χ3v) is 4.89. The minimum absolute atomic E-state index is 0.0658. The molecule has 7 heteroatoms. The number of carbonyl (C=O) groups is 1. The minimum atomic E-state index is -0.137. The highest BCUT2D eigenvalue weighted by Gasteiger charge is 2.17. The third kappa shape index (κ3) is 2.38. The summed E-state index contributed by atoms with van der Waals surface area (Å²) in [4.78, 5) is 20.5. The fraction of sp³-hybridized carbons (Fsp3) is 0.133. The molecule has 0 unspecified atom stereocenters. The fourth-order valence-electron chi connectivity index (χ4n) is 2.23. The van der Waals surface area contributed by atoms with Crippen LogP contribution in [0.3, 0.4) is 0 Å². The molecule has 0 saturated carbocycles. The zero-order chi connectivity index (χ0) is 15.1. The van der Waals surface area contributed by atoms with Gasteiger partial charge in [0.2, 0.25) is 0 Å². The second kappa shape index (κ2) is 5.19. The number of carbonyl (C=O) groups excluding carboxylic acids is 1. The predicted molar refractivity (Wildman–Crippen MR) is 87.5 cm³/mol. The quantitative estimate of drug-likeness (QED) is 0.780. The molecular weight excluding hydrogens is 318 g/mol. The van der Waals surface area contributed by atoms with Crippen LogP contribution in [0.25, 0.3) is 22.0 Å². The molecule has 0 atom stereocenters. The van der Waals surface area contributed by atoms with Crippen LogP contribution < -0.4 is 10.1 Å². The first-order chi connectivity index (χ1) is 10.7. The lowest BCUT2D eigenvalue weighted by Gasteiger charge is -2.18. The number of fused-ring (bicyclic) bond motifs is 1. The Hall–Kier alpha value is -2.25. The molecule has 4 rings (SSSR count). The molecule has 3 heterocycles. The van der Waals surface area contributed by atoms with Gasteiger partial charge in [-0.3, -0.25) is 4.79 Å².